The molecule has 1 aromatic heterocycles. The Morgan fingerprint density at radius 1 is 1.15 bits per heavy atom. The highest BCUT2D eigenvalue weighted by Gasteiger charge is 2.36. The van der Waals surface area contributed by atoms with Crippen LogP contribution in [0.15, 0.2) is 47.7 Å². The van der Waals surface area contributed by atoms with Crippen molar-refractivity contribution in [3.05, 3.63) is 64.3 Å². The summed E-state index contributed by atoms with van der Waals surface area (Å²) in [5, 5.41) is 0. The van der Waals surface area contributed by atoms with E-state index in [0.29, 0.717) is 32.5 Å². The van der Waals surface area contributed by atoms with Crippen LogP contribution >= 0.6 is 0 Å². The van der Waals surface area contributed by atoms with Gasteiger partial charge < -0.3 is 4.90 Å². The summed E-state index contributed by atoms with van der Waals surface area (Å²) >= 11 is 0. The van der Waals surface area contributed by atoms with Crippen molar-refractivity contribution >= 4 is 5.91 Å². The first kappa shape index (κ1) is 18.2. The van der Waals surface area contributed by atoms with Crippen LogP contribution < -0.4 is 5.56 Å². The van der Waals surface area contributed by atoms with Gasteiger partial charge in [-0.1, -0.05) is 12.1 Å². The number of likely N-dealkylation sites (tertiary alicyclic amines) is 1. The van der Waals surface area contributed by atoms with Gasteiger partial charge in [-0.25, -0.2) is 4.98 Å². The van der Waals surface area contributed by atoms with Crippen molar-refractivity contribution in [2.45, 2.75) is 25.6 Å². The number of aromatic nitrogens is 2. The number of nitrogens with zero attached hydrogens (tertiary/aromatic N) is 3. The van der Waals surface area contributed by atoms with Gasteiger partial charge in [-0.05, 0) is 30.9 Å². The molecule has 1 amide bonds. The van der Waals surface area contributed by atoms with Crippen molar-refractivity contribution in [1.29, 1.82) is 0 Å². The topological polar surface area (TPSA) is 55.2 Å². The molecular formula is C18H18F3N3O2. The van der Waals surface area contributed by atoms with Crippen LogP contribution in [0.2, 0.25) is 0 Å². The van der Waals surface area contributed by atoms with Gasteiger partial charge in [0.1, 0.15) is 0 Å². The Labute approximate surface area is 148 Å². The molecule has 138 valence electrons. The van der Waals surface area contributed by atoms with E-state index in [-0.39, 0.29) is 17.0 Å². The monoisotopic (exact) mass is 365 g/mol. The molecule has 0 radical (unpaired) electrons. The fraction of sp³-hybridized carbons (Fsp3) is 0.389. The first-order valence-corrected chi connectivity index (χ1v) is 8.32. The molecule has 5 nitrogen and oxygen atoms in total. The van der Waals surface area contributed by atoms with E-state index in [1.165, 1.54) is 46.3 Å². The highest BCUT2D eigenvalue weighted by Crippen LogP contribution is 2.33. The van der Waals surface area contributed by atoms with Crippen LogP contribution in [0.5, 0.6) is 0 Å². The van der Waals surface area contributed by atoms with Crippen molar-refractivity contribution in [1.82, 2.24) is 14.5 Å². The van der Waals surface area contributed by atoms with Gasteiger partial charge >= 0.3 is 6.18 Å². The molecule has 3 rings (SSSR count). The third-order valence-corrected chi connectivity index (χ3v) is 4.61. The lowest BCUT2D eigenvalue weighted by Gasteiger charge is -2.32. The third-order valence-electron chi connectivity index (χ3n) is 4.61. The van der Waals surface area contributed by atoms with Gasteiger partial charge in [0.25, 0.3) is 11.5 Å². The highest BCUT2D eigenvalue weighted by atomic mass is 19.4. The van der Waals surface area contributed by atoms with E-state index >= 15 is 0 Å². The van der Waals surface area contributed by atoms with Gasteiger partial charge in [-0.15, -0.1) is 0 Å². The molecule has 26 heavy (non-hydrogen) atoms. The molecule has 8 heteroatoms. The normalized spacial score (nSPS) is 15.9. The summed E-state index contributed by atoms with van der Waals surface area (Å²) in [6.45, 7) is 1.23. The molecule has 0 N–H and O–H groups in total. The van der Waals surface area contributed by atoms with E-state index in [4.69, 9.17) is 0 Å². The van der Waals surface area contributed by atoms with E-state index in [0.717, 1.165) is 6.07 Å². The van der Waals surface area contributed by atoms with Crippen LogP contribution in [0.3, 0.4) is 0 Å². The summed E-state index contributed by atoms with van der Waals surface area (Å²) in [4.78, 5) is 29.7. The first-order chi connectivity index (χ1) is 12.4. The fourth-order valence-electron chi connectivity index (χ4n) is 3.20. The Morgan fingerprint density at radius 2 is 1.85 bits per heavy atom. The van der Waals surface area contributed by atoms with Crippen LogP contribution in [-0.2, 0) is 12.7 Å². The van der Waals surface area contributed by atoms with E-state index in [9.17, 15) is 22.8 Å². The predicted molar refractivity (Wildman–Crippen MR) is 88.6 cm³/mol. The first-order valence-electron chi connectivity index (χ1n) is 8.32. The second kappa shape index (κ2) is 7.31. The standard InChI is InChI=1S/C18H18F3N3O2/c19-18(20,21)15-4-2-1-3-14(15)17(26)23-9-6-13(7-10-23)11-24-12-22-8-5-16(24)25/h1-5,8,12-13H,6-7,9-11H2. The molecular weight excluding hydrogens is 347 g/mol. The van der Waals surface area contributed by atoms with Crippen molar-refractivity contribution in [2.24, 2.45) is 5.92 Å². The summed E-state index contributed by atoms with van der Waals surface area (Å²) in [5.74, 6) is -0.422. The zero-order valence-electron chi connectivity index (χ0n) is 13.9. The number of rotatable bonds is 3. The molecule has 0 atom stereocenters. The molecule has 0 aliphatic carbocycles. The van der Waals surface area contributed by atoms with Gasteiger partial charge in [0.05, 0.1) is 17.5 Å². The Bertz CT molecular complexity index is 840. The SMILES string of the molecule is O=C(c1ccccc1C(F)(F)F)N1CCC(Cn2cnccc2=O)CC1. The average molecular weight is 365 g/mol. The highest BCUT2D eigenvalue weighted by molar-refractivity contribution is 5.96. The molecule has 1 aliphatic rings. The Balaban J connectivity index is 1.66. The van der Waals surface area contributed by atoms with E-state index in [2.05, 4.69) is 4.98 Å². The van der Waals surface area contributed by atoms with E-state index in [1.807, 2.05) is 0 Å². The van der Waals surface area contributed by atoms with E-state index in [1.54, 1.807) is 0 Å². The summed E-state index contributed by atoms with van der Waals surface area (Å²) in [6, 6.07) is 6.23. The maximum absolute atomic E-state index is 13.1. The zero-order valence-corrected chi connectivity index (χ0v) is 13.9. The lowest BCUT2D eigenvalue weighted by molar-refractivity contribution is -0.138. The summed E-state index contributed by atoms with van der Waals surface area (Å²) in [5.41, 5.74) is -1.37. The molecule has 1 saturated heterocycles. The number of hydrogen-bond donors (Lipinski definition) is 0. The summed E-state index contributed by atoms with van der Waals surface area (Å²) in [7, 11) is 0. The summed E-state index contributed by atoms with van der Waals surface area (Å²) in [6.07, 6.45) is -0.411. The van der Waals surface area contributed by atoms with E-state index < -0.39 is 17.6 Å². The lowest BCUT2D eigenvalue weighted by Crippen LogP contribution is -2.40. The van der Waals surface area contributed by atoms with Gasteiger partial charge in [0, 0.05) is 31.9 Å². The molecule has 2 heterocycles. The Kier molecular flexibility index (Phi) is 5.11. The molecule has 1 fully saturated rings. The molecule has 1 aromatic carbocycles. The maximum Gasteiger partial charge on any atom is 0.417 e. The van der Waals surface area contributed by atoms with Gasteiger partial charge in [0.2, 0.25) is 0 Å². The van der Waals surface area contributed by atoms with Crippen molar-refractivity contribution < 1.29 is 18.0 Å². The molecule has 1 aliphatic heterocycles. The number of carbonyl (C=O) groups is 1. The van der Waals surface area contributed by atoms with Gasteiger partial charge in [-0.3, -0.25) is 14.2 Å². The molecule has 0 bridgehead atoms. The number of carbonyl (C=O) groups excluding carboxylic acids is 1. The van der Waals surface area contributed by atoms with Crippen LogP contribution in [0.1, 0.15) is 28.8 Å². The van der Waals surface area contributed by atoms with Crippen LogP contribution in [0, 0.1) is 5.92 Å². The Morgan fingerprint density at radius 3 is 2.50 bits per heavy atom. The predicted octanol–water partition coefficient (Wildman–Crippen LogP) is 2.81. The van der Waals surface area contributed by atoms with Crippen molar-refractivity contribution in [3.8, 4) is 0 Å². The largest absolute Gasteiger partial charge is 0.417 e. The molecule has 2 aromatic rings. The van der Waals surface area contributed by atoms with Gasteiger partial charge in [-0.2, -0.15) is 13.2 Å². The van der Waals surface area contributed by atoms with Gasteiger partial charge in [0.15, 0.2) is 0 Å². The summed E-state index contributed by atoms with van der Waals surface area (Å²) < 4.78 is 40.8. The zero-order chi connectivity index (χ0) is 18.7. The number of alkyl halides is 3. The number of piperidine rings is 1. The number of benzene rings is 1. The smallest absolute Gasteiger partial charge is 0.339 e. The van der Waals surface area contributed by atoms with Crippen LogP contribution in [0.4, 0.5) is 13.2 Å². The lowest BCUT2D eigenvalue weighted by atomic mass is 9.95. The third kappa shape index (κ3) is 3.95. The Hall–Kier alpha value is -2.64. The van der Waals surface area contributed by atoms with Crippen LogP contribution in [-0.4, -0.2) is 33.4 Å². The minimum absolute atomic E-state index is 0.141. The maximum atomic E-state index is 13.1. The average Bonchev–Trinajstić information content (AvgIpc) is 2.63. The quantitative estimate of drug-likeness (QED) is 0.841. The number of amides is 1. The van der Waals surface area contributed by atoms with Crippen molar-refractivity contribution in [2.75, 3.05) is 13.1 Å². The molecule has 0 spiro atoms. The molecule has 0 saturated carbocycles. The fourth-order valence-corrected chi connectivity index (χ4v) is 3.20. The number of hydrogen-bond acceptors (Lipinski definition) is 3. The second-order valence-electron chi connectivity index (χ2n) is 6.35. The minimum Gasteiger partial charge on any atom is -0.339 e. The van der Waals surface area contributed by atoms with Crippen LogP contribution in [0.25, 0.3) is 0 Å². The molecule has 0 unspecified atom stereocenters. The second-order valence-corrected chi connectivity index (χ2v) is 6.35. The minimum atomic E-state index is -4.56. The van der Waals surface area contributed by atoms with Crippen molar-refractivity contribution in [3.63, 3.8) is 0 Å². The number of halogens is 3.